The Balaban J connectivity index is 1.51. The van der Waals surface area contributed by atoms with Gasteiger partial charge in [-0.3, -0.25) is 9.78 Å². The topological polar surface area (TPSA) is 59.0 Å². The van der Waals surface area contributed by atoms with Gasteiger partial charge in [0, 0.05) is 30.9 Å². The molecule has 5 nitrogen and oxygen atoms in total. The van der Waals surface area contributed by atoms with Crippen molar-refractivity contribution in [2.75, 3.05) is 13.1 Å². The standard InChI is InChI=1S/C20H20N4O/c25-20(19-8-9-21-14-23-19)24-11-3-4-15(13-24)12-16-7-10-22-18-6-2-1-5-17(16)18/h1-2,5-10,14-15H,3-4,11-13H2/t15-/m0/s1. The normalized spacial score (nSPS) is 17.6. The molecule has 1 aliphatic heterocycles. The van der Waals surface area contributed by atoms with Gasteiger partial charge in [0.25, 0.3) is 5.91 Å². The number of amides is 1. The van der Waals surface area contributed by atoms with Crippen LogP contribution in [-0.4, -0.2) is 38.8 Å². The van der Waals surface area contributed by atoms with E-state index in [0.717, 1.165) is 37.9 Å². The van der Waals surface area contributed by atoms with Crippen LogP contribution < -0.4 is 0 Å². The van der Waals surface area contributed by atoms with Crippen LogP contribution in [0.15, 0.2) is 55.1 Å². The maximum Gasteiger partial charge on any atom is 0.272 e. The largest absolute Gasteiger partial charge is 0.337 e. The molecule has 1 saturated heterocycles. The zero-order valence-corrected chi connectivity index (χ0v) is 14.0. The second-order valence-corrected chi connectivity index (χ2v) is 6.55. The molecule has 126 valence electrons. The number of rotatable bonds is 3. The molecule has 0 radical (unpaired) electrons. The predicted octanol–water partition coefficient (Wildman–Crippen LogP) is 3.12. The highest BCUT2D eigenvalue weighted by molar-refractivity contribution is 5.92. The SMILES string of the molecule is O=C(c1ccncn1)N1CCC[C@@H](Cc2ccnc3ccccc23)C1. The Labute approximate surface area is 146 Å². The first-order chi connectivity index (χ1) is 12.3. The van der Waals surface area contributed by atoms with Crippen LogP contribution in [0.3, 0.4) is 0 Å². The lowest BCUT2D eigenvalue weighted by Crippen LogP contribution is -2.40. The number of carbonyl (C=O) groups is 1. The molecular weight excluding hydrogens is 312 g/mol. The van der Waals surface area contributed by atoms with Crippen molar-refractivity contribution < 1.29 is 4.79 Å². The number of benzene rings is 1. The van der Waals surface area contributed by atoms with Gasteiger partial charge in [-0.2, -0.15) is 0 Å². The molecule has 0 saturated carbocycles. The van der Waals surface area contributed by atoms with Crippen LogP contribution in [0.25, 0.3) is 10.9 Å². The molecule has 2 aromatic heterocycles. The van der Waals surface area contributed by atoms with Crippen molar-refractivity contribution in [3.8, 4) is 0 Å². The van der Waals surface area contributed by atoms with E-state index in [-0.39, 0.29) is 5.91 Å². The first-order valence-corrected chi connectivity index (χ1v) is 8.69. The Kier molecular flexibility index (Phi) is 4.37. The Bertz CT molecular complexity index is 876. The average molecular weight is 332 g/mol. The number of fused-ring (bicyclic) bond motifs is 1. The minimum absolute atomic E-state index is 0.00619. The monoisotopic (exact) mass is 332 g/mol. The summed E-state index contributed by atoms with van der Waals surface area (Å²) in [6, 6.07) is 12.0. The zero-order chi connectivity index (χ0) is 17.1. The van der Waals surface area contributed by atoms with E-state index in [0.29, 0.717) is 11.6 Å². The number of hydrogen-bond acceptors (Lipinski definition) is 4. The summed E-state index contributed by atoms with van der Waals surface area (Å²) in [4.78, 5) is 27.0. The summed E-state index contributed by atoms with van der Waals surface area (Å²) in [6.45, 7) is 1.58. The van der Waals surface area contributed by atoms with Crippen molar-refractivity contribution in [1.29, 1.82) is 0 Å². The fourth-order valence-corrected chi connectivity index (χ4v) is 3.64. The van der Waals surface area contributed by atoms with Gasteiger partial charge in [0.05, 0.1) is 5.52 Å². The number of aromatic nitrogens is 3. The molecule has 4 rings (SSSR count). The van der Waals surface area contributed by atoms with E-state index in [1.165, 1.54) is 17.3 Å². The molecule has 1 amide bonds. The third-order valence-electron chi connectivity index (χ3n) is 4.86. The van der Waals surface area contributed by atoms with E-state index in [4.69, 9.17) is 0 Å². The van der Waals surface area contributed by atoms with Gasteiger partial charge in [-0.1, -0.05) is 18.2 Å². The highest BCUT2D eigenvalue weighted by Crippen LogP contribution is 2.25. The van der Waals surface area contributed by atoms with Gasteiger partial charge in [0.15, 0.2) is 0 Å². The van der Waals surface area contributed by atoms with Gasteiger partial charge in [-0.05, 0) is 48.9 Å². The lowest BCUT2D eigenvalue weighted by Gasteiger charge is -2.32. The summed E-state index contributed by atoms with van der Waals surface area (Å²) in [5.41, 5.74) is 2.82. The quantitative estimate of drug-likeness (QED) is 0.739. The fraction of sp³-hybridized carbons (Fsp3) is 0.300. The van der Waals surface area contributed by atoms with Crippen molar-refractivity contribution in [3.05, 3.63) is 66.4 Å². The molecule has 1 fully saturated rings. The molecular formula is C20H20N4O. The predicted molar refractivity (Wildman–Crippen MR) is 96.1 cm³/mol. The highest BCUT2D eigenvalue weighted by Gasteiger charge is 2.25. The summed E-state index contributed by atoms with van der Waals surface area (Å²) in [5.74, 6) is 0.469. The van der Waals surface area contributed by atoms with Crippen LogP contribution in [0.5, 0.6) is 0 Å². The van der Waals surface area contributed by atoms with Crippen molar-refractivity contribution >= 4 is 16.8 Å². The molecule has 0 bridgehead atoms. The number of carbonyl (C=O) groups excluding carboxylic acids is 1. The Morgan fingerprint density at radius 2 is 2.04 bits per heavy atom. The summed E-state index contributed by atoms with van der Waals surface area (Å²) >= 11 is 0. The maximum atomic E-state index is 12.6. The third kappa shape index (κ3) is 3.36. The molecule has 5 heteroatoms. The second-order valence-electron chi connectivity index (χ2n) is 6.55. The summed E-state index contributed by atoms with van der Waals surface area (Å²) < 4.78 is 0. The van der Waals surface area contributed by atoms with E-state index in [2.05, 4.69) is 33.2 Å². The molecule has 0 N–H and O–H groups in total. The van der Waals surface area contributed by atoms with E-state index >= 15 is 0 Å². The fourth-order valence-electron chi connectivity index (χ4n) is 3.64. The van der Waals surface area contributed by atoms with Crippen LogP contribution >= 0.6 is 0 Å². The number of likely N-dealkylation sites (tertiary alicyclic amines) is 1. The van der Waals surface area contributed by atoms with Gasteiger partial charge >= 0.3 is 0 Å². The number of piperidine rings is 1. The van der Waals surface area contributed by atoms with Gasteiger partial charge in [-0.25, -0.2) is 9.97 Å². The van der Waals surface area contributed by atoms with Gasteiger partial charge in [0.2, 0.25) is 0 Å². The van der Waals surface area contributed by atoms with Crippen molar-refractivity contribution in [3.63, 3.8) is 0 Å². The van der Waals surface area contributed by atoms with Gasteiger partial charge in [-0.15, -0.1) is 0 Å². The Morgan fingerprint density at radius 3 is 2.92 bits per heavy atom. The second kappa shape index (κ2) is 6.97. The van der Waals surface area contributed by atoms with E-state index < -0.39 is 0 Å². The Morgan fingerprint density at radius 1 is 1.12 bits per heavy atom. The average Bonchev–Trinajstić information content (AvgIpc) is 2.69. The molecule has 1 aliphatic rings. The molecule has 3 aromatic rings. The van der Waals surface area contributed by atoms with Crippen molar-refractivity contribution in [2.45, 2.75) is 19.3 Å². The van der Waals surface area contributed by atoms with E-state index in [1.807, 2.05) is 23.2 Å². The van der Waals surface area contributed by atoms with Gasteiger partial charge in [0.1, 0.15) is 12.0 Å². The van der Waals surface area contributed by atoms with E-state index in [1.54, 1.807) is 12.3 Å². The molecule has 3 heterocycles. The smallest absolute Gasteiger partial charge is 0.272 e. The summed E-state index contributed by atoms with van der Waals surface area (Å²) in [7, 11) is 0. The lowest BCUT2D eigenvalue weighted by atomic mass is 9.90. The molecule has 25 heavy (non-hydrogen) atoms. The van der Waals surface area contributed by atoms with Crippen LogP contribution in [0.2, 0.25) is 0 Å². The molecule has 0 aliphatic carbocycles. The highest BCUT2D eigenvalue weighted by atomic mass is 16.2. The van der Waals surface area contributed by atoms with Crippen LogP contribution in [0, 0.1) is 5.92 Å². The van der Waals surface area contributed by atoms with Crippen molar-refractivity contribution in [1.82, 2.24) is 19.9 Å². The lowest BCUT2D eigenvalue weighted by molar-refractivity contribution is 0.0667. The minimum Gasteiger partial charge on any atom is -0.337 e. The number of para-hydroxylation sites is 1. The molecule has 1 atom stereocenters. The molecule has 0 unspecified atom stereocenters. The van der Waals surface area contributed by atoms with Gasteiger partial charge < -0.3 is 4.90 Å². The van der Waals surface area contributed by atoms with Crippen molar-refractivity contribution in [2.24, 2.45) is 5.92 Å². The maximum absolute atomic E-state index is 12.6. The van der Waals surface area contributed by atoms with Crippen LogP contribution in [-0.2, 0) is 6.42 Å². The van der Waals surface area contributed by atoms with Crippen LogP contribution in [0.1, 0.15) is 28.9 Å². The first kappa shape index (κ1) is 15.7. The minimum atomic E-state index is 0.00619. The zero-order valence-electron chi connectivity index (χ0n) is 14.0. The number of hydrogen-bond donors (Lipinski definition) is 0. The molecule has 1 aromatic carbocycles. The number of nitrogens with zero attached hydrogens (tertiary/aromatic N) is 4. The third-order valence-corrected chi connectivity index (χ3v) is 4.86. The Hall–Kier alpha value is -2.82. The number of pyridine rings is 1. The van der Waals surface area contributed by atoms with Crippen LogP contribution in [0.4, 0.5) is 0 Å². The summed E-state index contributed by atoms with van der Waals surface area (Å²) in [5, 5.41) is 1.21. The first-order valence-electron chi connectivity index (χ1n) is 8.69. The summed E-state index contributed by atoms with van der Waals surface area (Å²) in [6.07, 6.45) is 8.07. The van der Waals surface area contributed by atoms with E-state index in [9.17, 15) is 4.79 Å². The molecule has 0 spiro atoms.